The molecule has 0 saturated carbocycles. The second-order valence-corrected chi connectivity index (χ2v) is 4.77. The van der Waals surface area contributed by atoms with Crippen molar-refractivity contribution in [3.8, 4) is 0 Å². The second kappa shape index (κ2) is 6.35. The van der Waals surface area contributed by atoms with Gasteiger partial charge in [-0.15, -0.1) is 0 Å². The quantitative estimate of drug-likeness (QED) is 0.800. The summed E-state index contributed by atoms with van der Waals surface area (Å²) in [5.41, 5.74) is 7.36. The van der Waals surface area contributed by atoms with Gasteiger partial charge in [-0.3, -0.25) is 4.79 Å². The number of hydrogen-bond donors (Lipinski definition) is 2. The van der Waals surface area contributed by atoms with E-state index >= 15 is 0 Å². The third-order valence-corrected chi connectivity index (χ3v) is 3.00. The molecule has 0 aliphatic carbocycles. The van der Waals surface area contributed by atoms with Crippen molar-refractivity contribution >= 4 is 34.5 Å². The van der Waals surface area contributed by atoms with Crippen LogP contribution < -0.4 is 16.0 Å². The lowest BCUT2D eigenvalue weighted by Gasteiger charge is -2.15. The summed E-state index contributed by atoms with van der Waals surface area (Å²) in [5.74, 6) is -0.559. The highest BCUT2D eigenvalue weighted by Crippen LogP contribution is 2.17. The Morgan fingerprint density at radius 3 is 2.33 bits per heavy atom. The minimum Gasteiger partial charge on any atom is -0.393 e. The summed E-state index contributed by atoms with van der Waals surface area (Å²) in [6.07, 6.45) is 0.608. The minimum absolute atomic E-state index is 0.150. The average Bonchev–Trinajstić information content (AvgIpc) is 2.29. The largest absolute Gasteiger partial charge is 0.393 e. The molecule has 0 saturated heterocycles. The Morgan fingerprint density at radius 2 is 1.94 bits per heavy atom. The molecule has 1 atom stereocenters. The van der Waals surface area contributed by atoms with Crippen molar-refractivity contribution < 1.29 is 4.79 Å². The van der Waals surface area contributed by atoms with E-state index in [4.69, 9.17) is 18.0 Å². The first-order chi connectivity index (χ1) is 8.45. The SMILES string of the molecule is CCC(C(=O)Nc1ccc(N(C)C)cc1)C(N)=S. The van der Waals surface area contributed by atoms with E-state index in [9.17, 15) is 4.79 Å². The molecule has 4 nitrogen and oxygen atoms in total. The Labute approximate surface area is 113 Å². The first-order valence-corrected chi connectivity index (χ1v) is 6.24. The number of thiocarbonyl (C=S) groups is 1. The molecule has 1 aromatic rings. The van der Waals surface area contributed by atoms with Crippen molar-refractivity contribution in [3.05, 3.63) is 24.3 Å². The number of benzene rings is 1. The van der Waals surface area contributed by atoms with Crippen LogP contribution >= 0.6 is 12.2 Å². The van der Waals surface area contributed by atoms with Crippen molar-refractivity contribution in [3.63, 3.8) is 0 Å². The predicted molar refractivity (Wildman–Crippen MR) is 80.0 cm³/mol. The fraction of sp³-hybridized carbons (Fsp3) is 0.385. The van der Waals surface area contributed by atoms with Gasteiger partial charge in [0.1, 0.15) is 0 Å². The molecule has 18 heavy (non-hydrogen) atoms. The molecule has 0 aliphatic rings. The lowest BCUT2D eigenvalue weighted by molar-refractivity contribution is -0.118. The fourth-order valence-electron chi connectivity index (χ4n) is 1.59. The van der Waals surface area contributed by atoms with Crippen molar-refractivity contribution in [1.29, 1.82) is 0 Å². The Bertz CT molecular complexity index is 428. The Balaban J connectivity index is 2.73. The van der Waals surface area contributed by atoms with E-state index in [1.54, 1.807) is 0 Å². The molecule has 0 aromatic heterocycles. The molecule has 1 unspecified atom stereocenters. The van der Waals surface area contributed by atoms with E-state index in [0.29, 0.717) is 6.42 Å². The van der Waals surface area contributed by atoms with Gasteiger partial charge >= 0.3 is 0 Å². The van der Waals surface area contributed by atoms with Crippen LogP contribution in [-0.2, 0) is 4.79 Å². The molecule has 98 valence electrons. The number of nitrogens with zero attached hydrogens (tertiary/aromatic N) is 1. The second-order valence-electron chi connectivity index (χ2n) is 4.29. The lowest BCUT2D eigenvalue weighted by atomic mass is 10.1. The smallest absolute Gasteiger partial charge is 0.234 e. The van der Waals surface area contributed by atoms with Crippen molar-refractivity contribution in [2.75, 3.05) is 24.3 Å². The molecule has 0 fully saturated rings. The third kappa shape index (κ3) is 3.70. The molecule has 1 amide bonds. The van der Waals surface area contributed by atoms with Crippen LogP contribution in [0.25, 0.3) is 0 Å². The number of anilines is 2. The molecule has 5 heteroatoms. The van der Waals surface area contributed by atoms with Gasteiger partial charge in [0, 0.05) is 25.5 Å². The van der Waals surface area contributed by atoms with Crippen LogP contribution in [0.1, 0.15) is 13.3 Å². The lowest BCUT2D eigenvalue weighted by Crippen LogP contribution is -2.32. The molecule has 0 heterocycles. The number of nitrogens with one attached hydrogen (secondary N) is 1. The Morgan fingerprint density at radius 1 is 1.39 bits per heavy atom. The zero-order valence-electron chi connectivity index (χ0n) is 10.9. The van der Waals surface area contributed by atoms with Crippen LogP contribution in [0.2, 0.25) is 0 Å². The van der Waals surface area contributed by atoms with Gasteiger partial charge < -0.3 is 16.0 Å². The zero-order chi connectivity index (χ0) is 13.7. The number of amides is 1. The molecule has 1 rings (SSSR count). The third-order valence-electron chi connectivity index (χ3n) is 2.72. The van der Waals surface area contributed by atoms with Crippen LogP contribution in [0.4, 0.5) is 11.4 Å². The Hall–Kier alpha value is -1.62. The zero-order valence-corrected chi connectivity index (χ0v) is 11.8. The number of carbonyl (C=O) groups is 1. The average molecular weight is 265 g/mol. The number of carbonyl (C=O) groups excluding carboxylic acids is 1. The van der Waals surface area contributed by atoms with Crippen molar-refractivity contribution in [2.45, 2.75) is 13.3 Å². The van der Waals surface area contributed by atoms with Gasteiger partial charge in [0.15, 0.2) is 0 Å². The van der Waals surface area contributed by atoms with Gasteiger partial charge in [-0.2, -0.15) is 0 Å². The molecule has 0 aliphatic heterocycles. The standard InChI is InChI=1S/C13H19N3OS/c1-4-11(12(14)18)13(17)15-9-5-7-10(8-6-9)16(2)3/h5-8,11H,4H2,1-3H3,(H2,14,18)(H,15,17). The molecular weight excluding hydrogens is 246 g/mol. The highest BCUT2D eigenvalue weighted by atomic mass is 32.1. The highest BCUT2D eigenvalue weighted by molar-refractivity contribution is 7.80. The molecule has 0 bridgehead atoms. The maximum absolute atomic E-state index is 11.9. The van der Waals surface area contributed by atoms with E-state index in [0.717, 1.165) is 11.4 Å². The number of hydrogen-bond acceptors (Lipinski definition) is 3. The van der Waals surface area contributed by atoms with Crippen molar-refractivity contribution in [2.24, 2.45) is 11.7 Å². The van der Waals surface area contributed by atoms with Crippen LogP contribution in [0.15, 0.2) is 24.3 Å². The summed E-state index contributed by atoms with van der Waals surface area (Å²) in [6, 6.07) is 7.60. The number of nitrogens with two attached hydrogens (primary N) is 1. The van der Waals surface area contributed by atoms with E-state index < -0.39 is 5.92 Å². The van der Waals surface area contributed by atoms with Crippen LogP contribution in [0.3, 0.4) is 0 Å². The molecule has 0 radical (unpaired) electrons. The maximum atomic E-state index is 11.9. The summed E-state index contributed by atoms with van der Waals surface area (Å²) in [6.45, 7) is 1.89. The topological polar surface area (TPSA) is 58.4 Å². The molecule has 1 aromatic carbocycles. The van der Waals surface area contributed by atoms with E-state index in [2.05, 4.69) is 5.32 Å². The minimum atomic E-state index is -0.409. The van der Waals surface area contributed by atoms with Gasteiger partial charge in [-0.1, -0.05) is 19.1 Å². The van der Waals surface area contributed by atoms with Gasteiger partial charge in [0.25, 0.3) is 0 Å². The summed E-state index contributed by atoms with van der Waals surface area (Å²) in [7, 11) is 3.93. The summed E-state index contributed by atoms with van der Waals surface area (Å²) >= 11 is 4.87. The van der Waals surface area contributed by atoms with Crippen LogP contribution in [0.5, 0.6) is 0 Å². The Kier molecular flexibility index (Phi) is 5.09. The van der Waals surface area contributed by atoms with Gasteiger partial charge in [0.2, 0.25) is 5.91 Å². The predicted octanol–water partition coefficient (Wildman–Crippen LogP) is 2.00. The van der Waals surface area contributed by atoms with Crippen molar-refractivity contribution in [1.82, 2.24) is 0 Å². The summed E-state index contributed by atoms with van der Waals surface area (Å²) in [5, 5.41) is 2.82. The normalized spacial score (nSPS) is 11.7. The van der Waals surface area contributed by atoms with Gasteiger partial charge in [-0.05, 0) is 30.7 Å². The monoisotopic (exact) mass is 265 g/mol. The first kappa shape index (κ1) is 14.4. The maximum Gasteiger partial charge on any atom is 0.234 e. The summed E-state index contributed by atoms with van der Waals surface area (Å²) in [4.78, 5) is 14.1. The molecular formula is C13H19N3OS. The molecule has 3 N–H and O–H groups in total. The molecule has 0 spiro atoms. The summed E-state index contributed by atoms with van der Waals surface area (Å²) < 4.78 is 0. The highest BCUT2D eigenvalue weighted by Gasteiger charge is 2.19. The van der Waals surface area contributed by atoms with E-state index in [1.165, 1.54) is 0 Å². The first-order valence-electron chi connectivity index (χ1n) is 5.83. The van der Waals surface area contributed by atoms with Gasteiger partial charge in [-0.25, -0.2) is 0 Å². The van der Waals surface area contributed by atoms with Crippen LogP contribution in [-0.4, -0.2) is 25.0 Å². The van der Waals surface area contributed by atoms with Gasteiger partial charge in [0.05, 0.1) is 10.9 Å². The van der Waals surface area contributed by atoms with Crippen LogP contribution in [0, 0.1) is 5.92 Å². The van der Waals surface area contributed by atoms with E-state index in [-0.39, 0.29) is 10.9 Å². The number of rotatable bonds is 5. The fourth-order valence-corrected chi connectivity index (χ4v) is 1.86. The van der Waals surface area contributed by atoms with E-state index in [1.807, 2.05) is 50.2 Å².